The second kappa shape index (κ2) is 10.8. The SMILES string of the molecule is CCCCCCCCCc1ccc(OCCP(=O)(O)O)cc1. The molecule has 22 heavy (non-hydrogen) atoms. The van der Waals surface area contributed by atoms with Gasteiger partial charge in [-0.3, -0.25) is 4.57 Å². The van der Waals surface area contributed by atoms with Crippen molar-refractivity contribution in [1.82, 2.24) is 0 Å². The van der Waals surface area contributed by atoms with Gasteiger partial charge in [0.25, 0.3) is 0 Å². The van der Waals surface area contributed by atoms with Crippen LogP contribution in [0.5, 0.6) is 5.75 Å². The van der Waals surface area contributed by atoms with E-state index in [1.165, 1.54) is 50.5 Å². The fourth-order valence-corrected chi connectivity index (χ4v) is 2.65. The summed E-state index contributed by atoms with van der Waals surface area (Å²) in [6.45, 7) is 2.28. The van der Waals surface area contributed by atoms with Crippen molar-refractivity contribution >= 4 is 7.60 Å². The molecular weight excluding hydrogens is 299 g/mol. The van der Waals surface area contributed by atoms with Crippen LogP contribution in [-0.4, -0.2) is 22.6 Å². The normalized spacial score (nSPS) is 11.6. The molecule has 5 heteroatoms. The molecule has 0 fully saturated rings. The lowest BCUT2D eigenvalue weighted by molar-refractivity contribution is 0.316. The molecule has 0 radical (unpaired) electrons. The molecule has 0 aliphatic heterocycles. The lowest BCUT2D eigenvalue weighted by atomic mass is 10.0. The Balaban J connectivity index is 2.15. The van der Waals surface area contributed by atoms with Crippen LogP contribution in [0.15, 0.2) is 24.3 Å². The third kappa shape index (κ3) is 9.99. The number of ether oxygens (including phenoxy) is 1. The van der Waals surface area contributed by atoms with Gasteiger partial charge in [0.05, 0.1) is 12.8 Å². The number of rotatable bonds is 12. The molecule has 0 aliphatic rings. The van der Waals surface area contributed by atoms with Crippen LogP contribution in [0.2, 0.25) is 0 Å². The first-order valence-electron chi connectivity index (χ1n) is 8.27. The molecule has 126 valence electrons. The molecule has 0 aliphatic carbocycles. The van der Waals surface area contributed by atoms with Crippen molar-refractivity contribution < 1.29 is 19.1 Å². The van der Waals surface area contributed by atoms with Gasteiger partial charge >= 0.3 is 7.60 Å². The zero-order chi connectivity index (χ0) is 16.3. The second-order valence-electron chi connectivity index (χ2n) is 5.75. The Hall–Kier alpha value is -0.830. The van der Waals surface area contributed by atoms with Crippen molar-refractivity contribution in [2.45, 2.75) is 58.3 Å². The van der Waals surface area contributed by atoms with Crippen molar-refractivity contribution in [2.75, 3.05) is 12.8 Å². The molecule has 0 bridgehead atoms. The summed E-state index contributed by atoms with van der Waals surface area (Å²) in [6, 6.07) is 7.81. The monoisotopic (exact) mass is 328 g/mol. The molecule has 0 spiro atoms. The molecule has 0 saturated carbocycles. The van der Waals surface area contributed by atoms with Crippen LogP contribution in [-0.2, 0) is 11.0 Å². The lowest BCUT2D eigenvalue weighted by Gasteiger charge is -2.08. The molecule has 0 aromatic heterocycles. The summed E-state index contributed by atoms with van der Waals surface area (Å²) in [5.74, 6) is 0.664. The van der Waals surface area contributed by atoms with E-state index in [1.807, 2.05) is 24.3 Å². The van der Waals surface area contributed by atoms with Crippen LogP contribution in [0.4, 0.5) is 0 Å². The highest BCUT2D eigenvalue weighted by atomic mass is 31.2. The Morgan fingerprint density at radius 3 is 2.14 bits per heavy atom. The maximum Gasteiger partial charge on any atom is 0.328 e. The van der Waals surface area contributed by atoms with E-state index in [-0.39, 0.29) is 12.8 Å². The van der Waals surface area contributed by atoms with Gasteiger partial charge in [-0.1, -0.05) is 57.6 Å². The molecule has 1 rings (SSSR count). The minimum atomic E-state index is -3.97. The van der Waals surface area contributed by atoms with Crippen LogP contribution < -0.4 is 4.74 Å². The van der Waals surface area contributed by atoms with Crippen LogP contribution in [0.3, 0.4) is 0 Å². The molecular formula is C17H29O4P. The van der Waals surface area contributed by atoms with Crippen molar-refractivity contribution in [1.29, 1.82) is 0 Å². The molecule has 0 atom stereocenters. The van der Waals surface area contributed by atoms with Crippen molar-refractivity contribution in [3.63, 3.8) is 0 Å². The van der Waals surface area contributed by atoms with E-state index >= 15 is 0 Å². The number of unbranched alkanes of at least 4 members (excludes halogenated alkanes) is 6. The predicted octanol–water partition coefficient (Wildman–Crippen LogP) is 4.54. The summed E-state index contributed by atoms with van der Waals surface area (Å²) < 4.78 is 16.0. The van der Waals surface area contributed by atoms with Crippen molar-refractivity contribution in [2.24, 2.45) is 0 Å². The highest BCUT2D eigenvalue weighted by Crippen LogP contribution is 2.33. The van der Waals surface area contributed by atoms with Gasteiger partial charge in [-0.15, -0.1) is 0 Å². The number of hydrogen-bond acceptors (Lipinski definition) is 2. The van der Waals surface area contributed by atoms with E-state index in [1.54, 1.807) is 0 Å². The number of benzene rings is 1. The van der Waals surface area contributed by atoms with E-state index in [9.17, 15) is 4.57 Å². The predicted molar refractivity (Wildman–Crippen MR) is 90.5 cm³/mol. The third-order valence-corrected chi connectivity index (χ3v) is 4.41. The Kier molecular flexibility index (Phi) is 9.45. The zero-order valence-electron chi connectivity index (χ0n) is 13.5. The molecule has 2 N–H and O–H groups in total. The molecule has 1 aromatic carbocycles. The van der Waals surface area contributed by atoms with Gasteiger partial charge < -0.3 is 14.5 Å². The van der Waals surface area contributed by atoms with E-state index < -0.39 is 7.60 Å². The minimum absolute atomic E-state index is 0.0430. The highest BCUT2D eigenvalue weighted by Gasteiger charge is 2.12. The lowest BCUT2D eigenvalue weighted by Crippen LogP contribution is -2.03. The molecule has 1 aromatic rings. The summed E-state index contributed by atoms with van der Waals surface area (Å²) in [5.41, 5.74) is 1.29. The van der Waals surface area contributed by atoms with E-state index in [2.05, 4.69) is 6.92 Å². The van der Waals surface area contributed by atoms with E-state index in [4.69, 9.17) is 14.5 Å². The summed E-state index contributed by atoms with van der Waals surface area (Å²) in [5, 5.41) is 0. The van der Waals surface area contributed by atoms with E-state index in [0.717, 1.165) is 6.42 Å². The van der Waals surface area contributed by atoms with Gasteiger partial charge in [0.15, 0.2) is 0 Å². The summed E-state index contributed by atoms with van der Waals surface area (Å²) in [4.78, 5) is 17.5. The van der Waals surface area contributed by atoms with Gasteiger partial charge in [-0.25, -0.2) is 0 Å². The number of hydrogen-bond donors (Lipinski definition) is 2. The standard InChI is InChI=1S/C17H29O4P/c1-2-3-4-5-6-7-8-9-16-10-12-17(13-11-16)21-14-15-22(18,19)20/h10-13H,2-9,14-15H2,1H3,(H2,18,19,20). The first kappa shape index (κ1) is 19.2. The largest absolute Gasteiger partial charge is 0.493 e. The first-order valence-corrected chi connectivity index (χ1v) is 10.1. The fraction of sp³-hybridized carbons (Fsp3) is 0.647. The summed E-state index contributed by atoms with van der Waals surface area (Å²) in [6.07, 6.45) is 10.0. The zero-order valence-corrected chi connectivity index (χ0v) is 14.4. The molecule has 0 amide bonds. The first-order chi connectivity index (χ1) is 10.5. The summed E-state index contributed by atoms with van der Waals surface area (Å²) >= 11 is 0. The Morgan fingerprint density at radius 2 is 1.55 bits per heavy atom. The molecule has 0 saturated heterocycles. The van der Waals surface area contributed by atoms with Gasteiger partial charge in [0.2, 0.25) is 0 Å². The van der Waals surface area contributed by atoms with Crippen LogP contribution in [0, 0.1) is 0 Å². The topological polar surface area (TPSA) is 66.8 Å². The van der Waals surface area contributed by atoms with Crippen LogP contribution >= 0.6 is 7.60 Å². The average Bonchev–Trinajstić information content (AvgIpc) is 2.46. The maximum atomic E-state index is 10.7. The highest BCUT2D eigenvalue weighted by molar-refractivity contribution is 7.51. The second-order valence-corrected chi connectivity index (χ2v) is 7.53. The maximum absolute atomic E-state index is 10.7. The Bertz CT molecular complexity index is 438. The van der Waals surface area contributed by atoms with Crippen molar-refractivity contribution in [3.05, 3.63) is 29.8 Å². The van der Waals surface area contributed by atoms with Gasteiger partial charge in [-0.05, 0) is 30.5 Å². The van der Waals surface area contributed by atoms with Gasteiger partial charge in [-0.2, -0.15) is 0 Å². The minimum Gasteiger partial charge on any atom is -0.493 e. The quantitative estimate of drug-likeness (QED) is 0.437. The molecule has 0 unspecified atom stereocenters. The third-order valence-electron chi connectivity index (χ3n) is 3.64. The van der Waals surface area contributed by atoms with Crippen LogP contribution in [0.25, 0.3) is 0 Å². The fourth-order valence-electron chi connectivity index (χ4n) is 2.32. The van der Waals surface area contributed by atoms with Crippen LogP contribution in [0.1, 0.15) is 57.4 Å². The van der Waals surface area contributed by atoms with Gasteiger partial charge in [0.1, 0.15) is 5.75 Å². The van der Waals surface area contributed by atoms with Gasteiger partial charge in [0, 0.05) is 0 Å². The summed E-state index contributed by atoms with van der Waals surface area (Å²) in [7, 11) is -3.97. The van der Waals surface area contributed by atoms with Crippen molar-refractivity contribution in [3.8, 4) is 5.75 Å². The molecule has 4 nitrogen and oxygen atoms in total. The Morgan fingerprint density at radius 1 is 0.955 bits per heavy atom. The molecule has 0 heterocycles. The van der Waals surface area contributed by atoms with E-state index in [0.29, 0.717) is 5.75 Å². The average molecular weight is 328 g/mol. The smallest absolute Gasteiger partial charge is 0.328 e. The Labute approximate surface area is 134 Å². The number of aryl methyl sites for hydroxylation is 1.